The monoisotopic (exact) mass is 150 g/mol. The van der Waals surface area contributed by atoms with Crippen molar-refractivity contribution in [3.63, 3.8) is 0 Å². The molecular formula is C8H10N2O. The van der Waals surface area contributed by atoms with Crippen LogP contribution in [0, 0.1) is 11.8 Å². The third kappa shape index (κ3) is 2.44. The Kier molecular flexibility index (Phi) is 2.29. The zero-order valence-corrected chi connectivity index (χ0v) is 6.57. The van der Waals surface area contributed by atoms with Gasteiger partial charge in [-0.25, -0.2) is 0 Å². The number of nitrogens with zero attached hydrogens (tertiary/aromatic N) is 2. The maximum atomic E-state index is 8.82. The fraction of sp³-hybridized carbons (Fsp3) is 0.375. The van der Waals surface area contributed by atoms with Crippen molar-refractivity contribution in [3.05, 3.63) is 18.0 Å². The zero-order valence-electron chi connectivity index (χ0n) is 6.57. The van der Waals surface area contributed by atoms with Gasteiger partial charge in [0.15, 0.2) is 0 Å². The Morgan fingerprint density at radius 3 is 2.91 bits per heavy atom. The van der Waals surface area contributed by atoms with Crippen molar-refractivity contribution >= 4 is 0 Å². The van der Waals surface area contributed by atoms with Crippen LogP contribution in [0.15, 0.2) is 12.4 Å². The third-order valence-corrected chi connectivity index (χ3v) is 1.13. The average Bonchev–Trinajstić information content (AvgIpc) is 2.31. The number of hydrogen-bond acceptors (Lipinski definition) is 2. The summed E-state index contributed by atoms with van der Waals surface area (Å²) in [6.45, 7) is 1.63. The first-order chi connectivity index (χ1) is 5.18. The largest absolute Gasteiger partial charge is 0.381 e. The van der Waals surface area contributed by atoms with E-state index < -0.39 is 6.10 Å². The van der Waals surface area contributed by atoms with Crippen LogP contribution in [-0.2, 0) is 7.05 Å². The second-order valence-electron chi connectivity index (χ2n) is 2.35. The molecule has 0 aliphatic carbocycles. The second kappa shape index (κ2) is 3.22. The van der Waals surface area contributed by atoms with Gasteiger partial charge in [-0.05, 0) is 6.92 Å². The molecule has 1 aromatic heterocycles. The number of aryl methyl sites for hydroxylation is 1. The van der Waals surface area contributed by atoms with Crippen LogP contribution in [-0.4, -0.2) is 21.0 Å². The molecule has 0 spiro atoms. The maximum Gasteiger partial charge on any atom is 0.112 e. The third-order valence-electron chi connectivity index (χ3n) is 1.13. The van der Waals surface area contributed by atoms with Crippen LogP contribution >= 0.6 is 0 Å². The quantitative estimate of drug-likeness (QED) is 0.535. The van der Waals surface area contributed by atoms with E-state index >= 15 is 0 Å². The zero-order chi connectivity index (χ0) is 8.27. The molecule has 0 aliphatic heterocycles. The van der Waals surface area contributed by atoms with Gasteiger partial charge in [0.1, 0.15) is 6.10 Å². The average molecular weight is 150 g/mol. The smallest absolute Gasteiger partial charge is 0.112 e. The summed E-state index contributed by atoms with van der Waals surface area (Å²) in [4.78, 5) is 0. The van der Waals surface area contributed by atoms with Gasteiger partial charge in [-0.1, -0.05) is 11.8 Å². The van der Waals surface area contributed by atoms with Crippen LogP contribution in [0.1, 0.15) is 12.5 Å². The van der Waals surface area contributed by atoms with E-state index in [9.17, 15) is 0 Å². The van der Waals surface area contributed by atoms with Crippen LogP contribution in [0.25, 0.3) is 0 Å². The second-order valence-corrected chi connectivity index (χ2v) is 2.35. The lowest BCUT2D eigenvalue weighted by Crippen LogP contribution is -1.92. The van der Waals surface area contributed by atoms with Crippen LogP contribution in [0.3, 0.4) is 0 Å². The molecule has 0 saturated heterocycles. The SMILES string of the molecule is CC(O)C#Cc1cnn(C)c1. The summed E-state index contributed by atoms with van der Waals surface area (Å²) in [6.07, 6.45) is 2.89. The van der Waals surface area contributed by atoms with Gasteiger partial charge in [0, 0.05) is 13.2 Å². The highest BCUT2D eigenvalue weighted by atomic mass is 16.3. The van der Waals surface area contributed by atoms with Gasteiger partial charge < -0.3 is 5.11 Å². The normalized spacial score (nSPS) is 11.9. The Hall–Kier alpha value is -1.27. The lowest BCUT2D eigenvalue weighted by molar-refractivity contribution is 0.253. The fourth-order valence-electron chi connectivity index (χ4n) is 0.674. The van der Waals surface area contributed by atoms with Crippen molar-refractivity contribution < 1.29 is 5.11 Å². The summed E-state index contributed by atoms with van der Waals surface area (Å²) >= 11 is 0. The Balaban J connectivity index is 2.74. The van der Waals surface area contributed by atoms with Gasteiger partial charge in [0.2, 0.25) is 0 Å². The Labute approximate surface area is 65.7 Å². The van der Waals surface area contributed by atoms with Crippen LogP contribution < -0.4 is 0 Å². The molecule has 0 amide bonds. The molecule has 1 rings (SSSR count). The molecule has 0 radical (unpaired) electrons. The first-order valence-electron chi connectivity index (χ1n) is 3.37. The van der Waals surface area contributed by atoms with Crippen molar-refractivity contribution in [3.8, 4) is 11.8 Å². The number of aliphatic hydroxyl groups is 1. The van der Waals surface area contributed by atoms with Crippen LogP contribution in [0.2, 0.25) is 0 Å². The Bertz CT molecular complexity index is 291. The van der Waals surface area contributed by atoms with Crippen molar-refractivity contribution in [1.29, 1.82) is 0 Å². The molecule has 1 aromatic rings. The number of rotatable bonds is 0. The standard InChI is InChI=1S/C8H10N2O/c1-7(11)3-4-8-5-9-10(2)6-8/h5-7,11H,1-2H3. The first-order valence-corrected chi connectivity index (χ1v) is 3.37. The van der Waals surface area contributed by atoms with E-state index in [2.05, 4.69) is 16.9 Å². The minimum Gasteiger partial charge on any atom is -0.381 e. The lowest BCUT2D eigenvalue weighted by atomic mass is 10.3. The summed E-state index contributed by atoms with van der Waals surface area (Å²) in [6, 6.07) is 0. The molecular weight excluding hydrogens is 140 g/mol. The van der Waals surface area contributed by atoms with Crippen molar-refractivity contribution in [2.75, 3.05) is 0 Å². The summed E-state index contributed by atoms with van der Waals surface area (Å²) in [7, 11) is 1.83. The molecule has 1 heterocycles. The Morgan fingerprint density at radius 2 is 2.45 bits per heavy atom. The van der Waals surface area contributed by atoms with Crippen molar-refractivity contribution in [2.24, 2.45) is 7.05 Å². The molecule has 3 heteroatoms. The van der Waals surface area contributed by atoms with Crippen LogP contribution in [0.4, 0.5) is 0 Å². The number of aliphatic hydroxyl groups excluding tert-OH is 1. The highest BCUT2D eigenvalue weighted by Gasteiger charge is 1.89. The molecule has 3 nitrogen and oxygen atoms in total. The summed E-state index contributed by atoms with van der Waals surface area (Å²) in [5, 5.41) is 12.7. The molecule has 1 N–H and O–H groups in total. The molecule has 58 valence electrons. The highest BCUT2D eigenvalue weighted by molar-refractivity contribution is 5.30. The first kappa shape index (κ1) is 7.83. The van der Waals surface area contributed by atoms with Crippen molar-refractivity contribution in [1.82, 2.24) is 9.78 Å². The molecule has 0 bridgehead atoms. The summed E-state index contributed by atoms with van der Waals surface area (Å²) in [5.41, 5.74) is 0.827. The van der Waals surface area contributed by atoms with Gasteiger partial charge >= 0.3 is 0 Å². The lowest BCUT2D eigenvalue weighted by Gasteiger charge is -1.85. The van der Waals surface area contributed by atoms with E-state index in [1.54, 1.807) is 24.0 Å². The Morgan fingerprint density at radius 1 is 1.73 bits per heavy atom. The maximum absolute atomic E-state index is 8.82. The minimum atomic E-state index is -0.574. The molecule has 11 heavy (non-hydrogen) atoms. The molecule has 1 atom stereocenters. The topological polar surface area (TPSA) is 38.1 Å². The highest BCUT2D eigenvalue weighted by Crippen LogP contribution is 1.92. The van der Waals surface area contributed by atoms with Crippen molar-refractivity contribution in [2.45, 2.75) is 13.0 Å². The molecule has 0 fully saturated rings. The number of aromatic nitrogens is 2. The van der Waals surface area contributed by atoms with Crippen LogP contribution in [0.5, 0.6) is 0 Å². The molecule has 0 aromatic carbocycles. The molecule has 0 saturated carbocycles. The summed E-state index contributed by atoms with van der Waals surface area (Å²) in [5.74, 6) is 5.41. The van der Waals surface area contributed by atoms with Gasteiger partial charge in [0.05, 0.1) is 11.8 Å². The van der Waals surface area contributed by atoms with E-state index in [-0.39, 0.29) is 0 Å². The predicted molar refractivity (Wildman–Crippen MR) is 41.8 cm³/mol. The molecule has 0 aliphatic rings. The summed E-state index contributed by atoms with van der Waals surface area (Å²) < 4.78 is 1.67. The predicted octanol–water partition coefficient (Wildman–Crippen LogP) is 0.152. The van der Waals surface area contributed by atoms with E-state index in [4.69, 9.17) is 5.11 Å². The van der Waals surface area contributed by atoms with Gasteiger partial charge in [-0.3, -0.25) is 4.68 Å². The van der Waals surface area contributed by atoms with Gasteiger partial charge in [0.25, 0.3) is 0 Å². The van der Waals surface area contributed by atoms with E-state index in [1.165, 1.54) is 0 Å². The fourth-order valence-corrected chi connectivity index (χ4v) is 0.674. The van der Waals surface area contributed by atoms with E-state index in [1.807, 2.05) is 7.05 Å². The van der Waals surface area contributed by atoms with Gasteiger partial charge in [-0.2, -0.15) is 5.10 Å². The number of hydrogen-bond donors (Lipinski definition) is 1. The molecule has 1 unspecified atom stereocenters. The van der Waals surface area contributed by atoms with E-state index in [0.29, 0.717) is 0 Å². The minimum absolute atomic E-state index is 0.574. The van der Waals surface area contributed by atoms with Gasteiger partial charge in [-0.15, -0.1) is 0 Å². The van der Waals surface area contributed by atoms with E-state index in [0.717, 1.165) is 5.56 Å².